The molecule has 0 saturated heterocycles. The zero-order valence-corrected chi connectivity index (χ0v) is 17.8. The standard InChI is InChI=1S/C23H46N2/c1-5-7-9-10-11-12-13-14-15-17-19-24-20-21-25(22(3)4)23(24)18-16-8-6-2/h20-23H,5-19H2,1-4H3. The van der Waals surface area contributed by atoms with Crippen molar-refractivity contribution in [3.63, 3.8) is 0 Å². The third kappa shape index (κ3) is 9.56. The fraction of sp³-hybridized carbons (Fsp3) is 0.913. The average Bonchev–Trinajstić information content (AvgIpc) is 3.00. The highest BCUT2D eigenvalue weighted by Gasteiger charge is 2.26. The lowest BCUT2D eigenvalue weighted by Gasteiger charge is -2.35. The van der Waals surface area contributed by atoms with Gasteiger partial charge in [-0.3, -0.25) is 0 Å². The molecule has 1 aliphatic rings. The predicted octanol–water partition coefficient (Wildman–Crippen LogP) is 7.31. The zero-order chi connectivity index (χ0) is 18.3. The summed E-state index contributed by atoms with van der Waals surface area (Å²) >= 11 is 0. The fourth-order valence-electron chi connectivity index (χ4n) is 3.95. The molecule has 0 aromatic rings. The van der Waals surface area contributed by atoms with E-state index in [2.05, 4.69) is 49.9 Å². The zero-order valence-electron chi connectivity index (χ0n) is 17.8. The Kier molecular flexibility index (Phi) is 13.0. The van der Waals surface area contributed by atoms with Gasteiger partial charge >= 0.3 is 0 Å². The summed E-state index contributed by atoms with van der Waals surface area (Å²) in [5.74, 6) is 0. The van der Waals surface area contributed by atoms with Gasteiger partial charge in [-0.25, -0.2) is 0 Å². The van der Waals surface area contributed by atoms with Crippen LogP contribution in [0.2, 0.25) is 0 Å². The SMILES string of the molecule is CCCCCCCCCCCCN1C=CN(C(C)C)C1CCCCC. The maximum atomic E-state index is 2.61. The highest BCUT2D eigenvalue weighted by Crippen LogP contribution is 2.24. The van der Waals surface area contributed by atoms with Crippen molar-refractivity contribution in [1.29, 1.82) is 0 Å². The summed E-state index contributed by atoms with van der Waals surface area (Å²) in [6.07, 6.45) is 24.9. The monoisotopic (exact) mass is 350 g/mol. The van der Waals surface area contributed by atoms with E-state index in [1.54, 1.807) is 0 Å². The molecule has 2 heteroatoms. The van der Waals surface area contributed by atoms with Crippen LogP contribution in [0.5, 0.6) is 0 Å². The van der Waals surface area contributed by atoms with Gasteiger partial charge in [-0.05, 0) is 33.1 Å². The largest absolute Gasteiger partial charge is 0.356 e. The first-order valence-electron chi connectivity index (χ1n) is 11.4. The Morgan fingerprint density at radius 2 is 1.20 bits per heavy atom. The van der Waals surface area contributed by atoms with E-state index in [1.165, 1.54) is 96.4 Å². The predicted molar refractivity (Wildman–Crippen MR) is 113 cm³/mol. The molecule has 0 amide bonds. The van der Waals surface area contributed by atoms with Gasteiger partial charge in [0.2, 0.25) is 0 Å². The second kappa shape index (κ2) is 14.5. The molecule has 1 aliphatic heterocycles. The Balaban J connectivity index is 2.12. The second-order valence-electron chi connectivity index (χ2n) is 8.24. The van der Waals surface area contributed by atoms with Crippen molar-refractivity contribution in [1.82, 2.24) is 9.80 Å². The Hall–Kier alpha value is -0.660. The van der Waals surface area contributed by atoms with Crippen LogP contribution in [0, 0.1) is 0 Å². The van der Waals surface area contributed by atoms with Gasteiger partial charge in [0.05, 0.1) is 0 Å². The van der Waals surface area contributed by atoms with Crippen LogP contribution >= 0.6 is 0 Å². The lowest BCUT2D eigenvalue weighted by Crippen LogP contribution is -2.42. The maximum absolute atomic E-state index is 2.61. The van der Waals surface area contributed by atoms with Crippen LogP contribution in [-0.2, 0) is 0 Å². The third-order valence-electron chi connectivity index (χ3n) is 5.59. The molecular weight excluding hydrogens is 304 g/mol. The molecule has 0 aliphatic carbocycles. The van der Waals surface area contributed by atoms with Crippen LogP contribution in [0.4, 0.5) is 0 Å². The lowest BCUT2D eigenvalue weighted by molar-refractivity contribution is 0.114. The van der Waals surface area contributed by atoms with Crippen LogP contribution < -0.4 is 0 Å². The van der Waals surface area contributed by atoms with E-state index in [9.17, 15) is 0 Å². The van der Waals surface area contributed by atoms with E-state index in [0.717, 1.165) is 0 Å². The number of nitrogens with zero attached hydrogens (tertiary/aromatic N) is 2. The van der Waals surface area contributed by atoms with Crippen LogP contribution in [0.3, 0.4) is 0 Å². The van der Waals surface area contributed by atoms with Crippen molar-refractivity contribution in [3.05, 3.63) is 12.4 Å². The minimum absolute atomic E-state index is 0.612. The van der Waals surface area contributed by atoms with Gasteiger partial charge in [0.1, 0.15) is 6.17 Å². The molecule has 148 valence electrons. The number of hydrogen-bond acceptors (Lipinski definition) is 2. The van der Waals surface area contributed by atoms with Gasteiger partial charge in [-0.2, -0.15) is 0 Å². The molecular formula is C23H46N2. The summed E-state index contributed by atoms with van der Waals surface area (Å²) in [6, 6.07) is 0.612. The molecule has 0 aromatic heterocycles. The van der Waals surface area contributed by atoms with E-state index >= 15 is 0 Å². The number of hydrogen-bond donors (Lipinski definition) is 0. The van der Waals surface area contributed by atoms with Gasteiger partial charge in [-0.15, -0.1) is 0 Å². The Bertz CT molecular complexity index is 324. The second-order valence-corrected chi connectivity index (χ2v) is 8.24. The minimum Gasteiger partial charge on any atom is -0.356 e. The fourth-order valence-corrected chi connectivity index (χ4v) is 3.95. The molecule has 0 fully saturated rings. The molecule has 1 rings (SSSR count). The van der Waals surface area contributed by atoms with Crippen molar-refractivity contribution >= 4 is 0 Å². The van der Waals surface area contributed by atoms with Gasteiger partial charge in [-0.1, -0.05) is 84.5 Å². The molecule has 0 saturated carbocycles. The highest BCUT2D eigenvalue weighted by atomic mass is 15.4. The highest BCUT2D eigenvalue weighted by molar-refractivity contribution is 4.98. The maximum Gasteiger partial charge on any atom is 0.101 e. The first kappa shape index (κ1) is 22.4. The Morgan fingerprint density at radius 3 is 1.76 bits per heavy atom. The van der Waals surface area contributed by atoms with Crippen LogP contribution in [-0.4, -0.2) is 28.6 Å². The van der Waals surface area contributed by atoms with E-state index in [-0.39, 0.29) is 0 Å². The van der Waals surface area contributed by atoms with Gasteiger partial charge in [0.15, 0.2) is 0 Å². The normalized spacial score (nSPS) is 17.2. The molecule has 0 N–H and O–H groups in total. The van der Waals surface area contributed by atoms with Gasteiger partial charge in [0.25, 0.3) is 0 Å². The van der Waals surface area contributed by atoms with Crippen molar-refractivity contribution < 1.29 is 0 Å². The van der Waals surface area contributed by atoms with Crippen LogP contribution in [0.25, 0.3) is 0 Å². The Labute approximate surface area is 159 Å². The molecule has 2 nitrogen and oxygen atoms in total. The van der Waals surface area contributed by atoms with E-state index in [1.807, 2.05) is 0 Å². The molecule has 1 heterocycles. The topological polar surface area (TPSA) is 6.48 Å². The summed E-state index contributed by atoms with van der Waals surface area (Å²) in [7, 11) is 0. The minimum atomic E-state index is 0.612. The van der Waals surface area contributed by atoms with Crippen molar-refractivity contribution in [2.75, 3.05) is 6.54 Å². The van der Waals surface area contributed by atoms with E-state index in [4.69, 9.17) is 0 Å². The number of unbranched alkanes of at least 4 members (excludes halogenated alkanes) is 11. The number of rotatable bonds is 16. The Morgan fingerprint density at radius 1 is 0.680 bits per heavy atom. The van der Waals surface area contributed by atoms with Crippen LogP contribution in [0.15, 0.2) is 12.4 Å². The van der Waals surface area contributed by atoms with E-state index in [0.29, 0.717) is 12.2 Å². The summed E-state index contributed by atoms with van der Waals surface area (Å²) in [5, 5.41) is 0. The smallest absolute Gasteiger partial charge is 0.101 e. The quantitative estimate of drug-likeness (QED) is 0.269. The third-order valence-corrected chi connectivity index (χ3v) is 5.59. The van der Waals surface area contributed by atoms with Crippen molar-refractivity contribution in [2.45, 2.75) is 130 Å². The molecule has 0 bridgehead atoms. The van der Waals surface area contributed by atoms with Crippen molar-refractivity contribution in [2.24, 2.45) is 0 Å². The van der Waals surface area contributed by atoms with Crippen LogP contribution in [0.1, 0.15) is 118 Å². The lowest BCUT2D eigenvalue weighted by atomic mass is 10.1. The summed E-state index contributed by atoms with van der Waals surface area (Å²) < 4.78 is 0. The molecule has 1 unspecified atom stereocenters. The summed E-state index contributed by atoms with van der Waals surface area (Å²) in [5.41, 5.74) is 0. The average molecular weight is 351 g/mol. The van der Waals surface area contributed by atoms with E-state index < -0.39 is 0 Å². The first-order valence-corrected chi connectivity index (χ1v) is 11.4. The summed E-state index contributed by atoms with van der Waals surface area (Å²) in [4.78, 5) is 5.17. The first-order chi connectivity index (χ1) is 12.2. The molecule has 1 atom stereocenters. The van der Waals surface area contributed by atoms with Gasteiger partial charge < -0.3 is 9.80 Å². The molecule has 0 aromatic carbocycles. The van der Waals surface area contributed by atoms with Crippen molar-refractivity contribution in [3.8, 4) is 0 Å². The molecule has 0 radical (unpaired) electrons. The molecule has 0 spiro atoms. The summed E-state index contributed by atoms with van der Waals surface area (Å²) in [6.45, 7) is 10.5. The molecule has 25 heavy (non-hydrogen) atoms. The van der Waals surface area contributed by atoms with Gasteiger partial charge in [0, 0.05) is 25.0 Å².